The molecule has 36 heavy (non-hydrogen) atoms. The molecule has 1 aliphatic rings. The standard InChI is InChI=1S/C27H31N7O2/c1-18-22(19(2)32(3)31-18)15-29-26(35)21-11-8-14-33(17-21)25-27(36)34(16-20-9-5-4-6-10-20)24-23(30-25)12-7-13-28-24/h4-7,9-10,12-13,21H,8,11,14-17H2,1-3H3,(H,29,35)/t21-/m0/s1. The van der Waals surface area contributed by atoms with E-state index in [0.717, 1.165) is 35.4 Å². The summed E-state index contributed by atoms with van der Waals surface area (Å²) >= 11 is 0. The lowest BCUT2D eigenvalue weighted by molar-refractivity contribution is -0.125. The number of carbonyl (C=O) groups excluding carboxylic acids is 1. The van der Waals surface area contributed by atoms with E-state index < -0.39 is 0 Å². The number of carbonyl (C=O) groups is 1. The van der Waals surface area contributed by atoms with Crippen LogP contribution in [0.1, 0.15) is 35.4 Å². The fourth-order valence-electron chi connectivity index (χ4n) is 4.96. The van der Waals surface area contributed by atoms with Gasteiger partial charge in [-0.15, -0.1) is 0 Å². The van der Waals surface area contributed by atoms with E-state index in [9.17, 15) is 9.59 Å². The van der Waals surface area contributed by atoms with Crippen LogP contribution in [-0.2, 0) is 24.9 Å². The van der Waals surface area contributed by atoms with E-state index in [0.29, 0.717) is 43.2 Å². The van der Waals surface area contributed by atoms with Gasteiger partial charge in [-0.2, -0.15) is 5.10 Å². The fourth-order valence-corrected chi connectivity index (χ4v) is 4.96. The van der Waals surface area contributed by atoms with Crippen molar-refractivity contribution >= 4 is 22.9 Å². The Kier molecular flexibility index (Phi) is 6.54. The summed E-state index contributed by atoms with van der Waals surface area (Å²) < 4.78 is 3.52. The number of hydrogen-bond acceptors (Lipinski definition) is 6. The van der Waals surface area contributed by atoms with Gasteiger partial charge in [0, 0.05) is 44.1 Å². The van der Waals surface area contributed by atoms with Crippen LogP contribution >= 0.6 is 0 Å². The molecule has 0 bridgehead atoms. The quantitative estimate of drug-likeness (QED) is 0.451. The molecule has 1 amide bonds. The summed E-state index contributed by atoms with van der Waals surface area (Å²) in [5, 5.41) is 7.52. The lowest BCUT2D eigenvalue weighted by Crippen LogP contribution is -2.45. The number of benzene rings is 1. The second kappa shape index (κ2) is 9.93. The predicted molar refractivity (Wildman–Crippen MR) is 139 cm³/mol. The number of aromatic nitrogens is 5. The number of amides is 1. The molecule has 186 valence electrons. The number of anilines is 1. The molecule has 9 nitrogen and oxygen atoms in total. The van der Waals surface area contributed by atoms with Crippen molar-refractivity contribution in [3.8, 4) is 0 Å². The van der Waals surface area contributed by atoms with E-state index in [2.05, 4.69) is 15.4 Å². The summed E-state index contributed by atoms with van der Waals surface area (Å²) in [6.07, 6.45) is 3.27. The van der Waals surface area contributed by atoms with Crippen LogP contribution in [0.25, 0.3) is 11.2 Å². The molecule has 1 aliphatic heterocycles. The van der Waals surface area contributed by atoms with Gasteiger partial charge >= 0.3 is 0 Å². The smallest absolute Gasteiger partial charge is 0.295 e. The van der Waals surface area contributed by atoms with E-state index in [1.165, 1.54) is 0 Å². The van der Waals surface area contributed by atoms with Crippen LogP contribution in [0.2, 0.25) is 0 Å². The van der Waals surface area contributed by atoms with Crippen LogP contribution in [0.5, 0.6) is 0 Å². The first kappa shape index (κ1) is 23.7. The number of fused-ring (bicyclic) bond motifs is 1. The third-order valence-corrected chi connectivity index (χ3v) is 7.06. The summed E-state index contributed by atoms with van der Waals surface area (Å²) in [6.45, 7) is 5.96. The van der Waals surface area contributed by atoms with Gasteiger partial charge in [0.1, 0.15) is 5.52 Å². The maximum atomic E-state index is 13.7. The van der Waals surface area contributed by atoms with E-state index in [-0.39, 0.29) is 17.4 Å². The summed E-state index contributed by atoms with van der Waals surface area (Å²) in [4.78, 5) is 37.9. The molecule has 1 saturated heterocycles. The Morgan fingerprint density at radius 1 is 1.14 bits per heavy atom. The number of hydrogen-bond donors (Lipinski definition) is 1. The minimum atomic E-state index is -0.218. The maximum absolute atomic E-state index is 13.7. The third-order valence-electron chi connectivity index (χ3n) is 7.06. The topological polar surface area (TPSA) is 97.9 Å². The second-order valence-electron chi connectivity index (χ2n) is 9.43. The van der Waals surface area contributed by atoms with Crippen molar-refractivity contribution in [3.05, 3.63) is 81.5 Å². The van der Waals surface area contributed by atoms with Gasteiger partial charge in [-0.3, -0.25) is 18.8 Å². The zero-order valence-corrected chi connectivity index (χ0v) is 20.9. The molecule has 9 heteroatoms. The van der Waals surface area contributed by atoms with Gasteiger partial charge in [0.2, 0.25) is 5.91 Å². The minimum Gasteiger partial charge on any atom is -0.352 e. The van der Waals surface area contributed by atoms with E-state index in [1.807, 2.05) is 72.9 Å². The molecule has 0 spiro atoms. The van der Waals surface area contributed by atoms with Gasteiger partial charge in [-0.1, -0.05) is 30.3 Å². The Balaban J connectivity index is 1.39. The lowest BCUT2D eigenvalue weighted by Gasteiger charge is -2.32. The molecule has 0 aliphatic carbocycles. The predicted octanol–water partition coefficient (Wildman–Crippen LogP) is 2.72. The highest BCUT2D eigenvalue weighted by molar-refractivity contribution is 5.80. The second-order valence-corrected chi connectivity index (χ2v) is 9.43. The van der Waals surface area contributed by atoms with Crippen LogP contribution in [0, 0.1) is 19.8 Å². The minimum absolute atomic E-state index is 0.00517. The monoisotopic (exact) mass is 485 g/mol. The number of aryl methyl sites for hydroxylation is 2. The SMILES string of the molecule is Cc1nn(C)c(C)c1CNC(=O)[C@H]1CCCN(c2nc3cccnc3n(Cc3ccccc3)c2=O)C1. The van der Waals surface area contributed by atoms with Crippen LogP contribution in [0.3, 0.4) is 0 Å². The highest BCUT2D eigenvalue weighted by Crippen LogP contribution is 2.22. The zero-order chi connectivity index (χ0) is 25.2. The number of piperidine rings is 1. The fraction of sp³-hybridized carbons (Fsp3) is 0.370. The summed E-state index contributed by atoms with van der Waals surface area (Å²) in [5.74, 6) is 0.154. The Morgan fingerprint density at radius 2 is 1.94 bits per heavy atom. The molecule has 0 radical (unpaired) electrons. The number of nitrogens with zero attached hydrogens (tertiary/aromatic N) is 6. The molecular formula is C27H31N7O2. The first-order chi connectivity index (χ1) is 17.4. The molecule has 0 saturated carbocycles. The lowest BCUT2D eigenvalue weighted by atomic mass is 9.97. The largest absolute Gasteiger partial charge is 0.352 e. The van der Waals surface area contributed by atoms with Gasteiger partial charge < -0.3 is 10.2 Å². The van der Waals surface area contributed by atoms with Crippen molar-refractivity contribution in [1.29, 1.82) is 0 Å². The van der Waals surface area contributed by atoms with Crippen molar-refractivity contribution in [1.82, 2.24) is 29.6 Å². The zero-order valence-electron chi connectivity index (χ0n) is 20.9. The van der Waals surface area contributed by atoms with Gasteiger partial charge in [0.05, 0.1) is 18.2 Å². The molecule has 0 unspecified atom stereocenters. The van der Waals surface area contributed by atoms with Gasteiger partial charge in [0.25, 0.3) is 5.56 Å². The van der Waals surface area contributed by atoms with Gasteiger partial charge in [-0.05, 0) is 44.4 Å². The Hall–Kier alpha value is -4.01. The number of pyridine rings is 1. The van der Waals surface area contributed by atoms with Crippen LogP contribution in [0.15, 0.2) is 53.5 Å². The maximum Gasteiger partial charge on any atom is 0.295 e. The summed E-state index contributed by atoms with van der Waals surface area (Å²) in [6, 6.07) is 13.6. The van der Waals surface area contributed by atoms with Crippen LogP contribution < -0.4 is 15.8 Å². The highest BCUT2D eigenvalue weighted by atomic mass is 16.2. The first-order valence-corrected chi connectivity index (χ1v) is 12.3. The molecule has 3 aromatic heterocycles. The van der Waals surface area contributed by atoms with Crippen molar-refractivity contribution in [2.75, 3.05) is 18.0 Å². The van der Waals surface area contributed by atoms with Gasteiger partial charge in [-0.25, -0.2) is 9.97 Å². The van der Waals surface area contributed by atoms with Crippen molar-refractivity contribution in [2.45, 2.75) is 39.8 Å². The summed E-state index contributed by atoms with van der Waals surface area (Å²) in [7, 11) is 1.91. The van der Waals surface area contributed by atoms with Crippen LogP contribution in [-0.4, -0.2) is 43.3 Å². The molecule has 1 fully saturated rings. The molecule has 4 aromatic rings. The average molecular weight is 486 g/mol. The molecule has 1 N–H and O–H groups in total. The molecule has 5 rings (SSSR count). The van der Waals surface area contributed by atoms with Gasteiger partial charge in [0.15, 0.2) is 11.5 Å². The Morgan fingerprint density at radius 3 is 2.69 bits per heavy atom. The van der Waals surface area contributed by atoms with E-state index in [1.54, 1.807) is 10.8 Å². The molecule has 1 atom stereocenters. The van der Waals surface area contributed by atoms with Crippen molar-refractivity contribution in [2.24, 2.45) is 13.0 Å². The third kappa shape index (κ3) is 4.60. The van der Waals surface area contributed by atoms with Crippen molar-refractivity contribution < 1.29 is 4.79 Å². The highest BCUT2D eigenvalue weighted by Gasteiger charge is 2.29. The Bertz CT molecular complexity index is 1460. The molecule has 4 heterocycles. The van der Waals surface area contributed by atoms with E-state index >= 15 is 0 Å². The first-order valence-electron chi connectivity index (χ1n) is 12.3. The average Bonchev–Trinajstić information content (AvgIpc) is 3.14. The Labute approximate surface area is 209 Å². The number of nitrogens with one attached hydrogen (secondary N) is 1. The number of rotatable bonds is 6. The summed E-state index contributed by atoms with van der Waals surface area (Å²) in [5.41, 5.74) is 5.07. The normalized spacial score (nSPS) is 15.9. The van der Waals surface area contributed by atoms with E-state index in [4.69, 9.17) is 4.98 Å². The molecular weight excluding hydrogens is 454 g/mol. The molecule has 1 aromatic carbocycles. The van der Waals surface area contributed by atoms with Crippen molar-refractivity contribution in [3.63, 3.8) is 0 Å². The van der Waals surface area contributed by atoms with Crippen LogP contribution in [0.4, 0.5) is 5.82 Å².